The van der Waals surface area contributed by atoms with Gasteiger partial charge in [0.25, 0.3) is 5.89 Å². The minimum atomic E-state index is 0.385. The number of nitrogens with zero attached hydrogens (tertiary/aromatic N) is 3. The number of nitrogens with two attached hydrogens (primary N) is 1. The van der Waals surface area contributed by atoms with Gasteiger partial charge in [0.1, 0.15) is 0 Å². The average Bonchev–Trinajstić information content (AvgIpc) is 3.17. The number of hydrogen-bond donors (Lipinski definition) is 1. The minimum Gasteiger partial charge on any atom is -0.333 e. The molecule has 2 aromatic rings. The van der Waals surface area contributed by atoms with Crippen molar-refractivity contribution in [2.45, 2.75) is 51.2 Å². The summed E-state index contributed by atoms with van der Waals surface area (Å²) in [6.45, 7) is 3.95. The van der Waals surface area contributed by atoms with Crippen molar-refractivity contribution in [1.29, 1.82) is 0 Å². The highest BCUT2D eigenvalue weighted by Gasteiger charge is 2.24. The molecule has 0 aromatic carbocycles. The zero-order valence-electron chi connectivity index (χ0n) is 12.4. The summed E-state index contributed by atoms with van der Waals surface area (Å²) in [5.41, 5.74) is 5.99. The van der Waals surface area contributed by atoms with Crippen LogP contribution in [0, 0.1) is 0 Å². The largest absolute Gasteiger partial charge is 0.333 e. The Morgan fingerprint density at radius 2 is 2.19 bits per heavy atom. The molecule has 1 saturated carbocycles. The lowest BCUT2D eigenvalue weighted by Crippen LogP contribution is -2.40. The third kappa shape index (κ3) is 3.51. The van der Waals surface area contributed by atoms with Crippen molar-refractivity contribution in [1.82, 2.24) is 15.0 Å². The highest BCUT2D eigenvalue weighted by molar-refractivity contribution is 7.13. The summed E-state index contributed by atoms with van der Waals surface area (Å²) < 4.78 is 5.36. The van der Waals surface area contributed by atoms with Crippen LogP contribution in [-0.4, -0.2) is 33.7 Å². The molecule has 5 nitrogen and oxygen atoms in total. The van der Waals surface area contributed by atoms with E-state index in [0.717, 1.165) is 36.6 Å². The van der Waals surface area contributed by atoms with Crippen molar-refractivity contribution < 1.29 is 4.52 Å². The van der Waals surface area contributed by atoms with Crippen LogP contribution >= 0.6 is 11.3 Å². The molecule has 114 valence electrons. The lowest BCUT2D eigenvalue weighted by molar-refractivity contribution is 0.144. The maximum Gasteiger partial charge on any atom is 0.268 e. The van der Waals surface area contributed by atoms with Crippen LogP contribution in [0.4, 0.5) is 0 Å². The first kappa shape index (κ1) is 14.7. The van der Waals surface area contributed by atoms with Crippen LogP contribution in [0.5, 0.6) is 0 Å². The zero-order chi connectivity index (χ0) is 14.7. The van der Waals surface area contributed by atoms with Gasteiger partial charge in [0.15, 0.2) is 5.82 Å². The monoisotopic (exact) mass is 306 g/mol. The summed E-state index contributed by atoms with van der Waals surface area (Å²) in [6.07, 6.45) is 4.58. The van der Waals surface area contributed by atoms with Gasteiger partial charge in [-0.1, -0.05) is 18.1 Å². The lowest BCUT2D eigenvalue weighted by Gasteiger charge is -2.34. The molecule has 0 aliphatic heterocycles. The van der Waals surface area contributed by atoms with E-state index in [2.05, 4.69) is 22.0 Å². The van der Waals surface area contributed by atoms with E-state index >= 15 is 0 Å². The SMILES string of the molecule is CCN(Cc1noc(-c2cccs2)n1)C1CCC(N)CC1. The average molecular weight is 306 g/mol. The predicted octanol–water partition coefficient (Wildman–Crippen LogP) is 2.89. The van der Waals surface area contributed by atoms with Gasteiger partial charge in [0.2, 0.25) is 0 Å². The Morgan fingerprint density at radius 1 is 1.38 bits per heavy atom. The normalized spacial score (nSPS) is 22.8. The van der Waals surface area contributed by atoms with Gasteiger partial charge in [-0.3, -0.25) is 4.90 Å². The molecule has 1 aliphatic carbocycles. The molecule has 0 unspecified atom stereocenters. The van der Waals surface area contributed by atoms with E-state index in [0.29, 0.717) is 18.0 Å². The van der Waals surface area contributed by atoms with Crippen LogP contribution in [0.3, 0.4) is 0 Å². The summed E-state index contributed by atoms with van der Waals surface area (Å²) in [6, 6.07) is 4.98. The van der Waals surface area contributed by atoms with Gasteiger partial charge < -0.3 is 10.3 Å². The standard InChI is InChI=1S/C15H22N4OS/c1-2-19(12-7-5-11(16)6-8-12)10-14-17-15(20-18-14)13-4-3-9-21-13/h3-4,9,11-12H,2,5-8,10,16H2,1H3. The zero-order valence-corrected chi connectivity index (χ0v) is 13.2. The number of aromatic nitrogens is 2. The first-order valence-corrected chi connectivity index (χ1v) is 8.50. The van der Waals surface area contributed by atoms with E-state index < -0.39 is 0 Å². The van der Waals surface area contributed by atoms with E-state index in [1.165, 1.54) is 12.8 Å². The number of thiophene rings is 1. The quantitative estimate of drug-likeness (QED) is 0.920. The molecule has 2 aromatic heterocycles. The van der Waals surface area contributed by atoms with Gasteiger partial charge in [0.05, 0.1) is 11.4 Å². The molecule has 0 radical (unpaired) electrons. The molecule has 0 saturated heterocycles. The Bertz CT molecular complexity index is 546. The van der Waals surface area contributed by atoms with Crippen molar-refractivity contribution in [3.63, 3.8) is 0 Å². The van der Waals surface area contributed by atoms with Crippen LogP contribution in [0.1, 0.15) is 38.4 Å². The molecule has 2 N–H and O–H groups in total. The van der Waals surface area contributed by atoms with E-state index in [9.17, 15) is 0 Å². The van der Waals surface area contributed by atoms with Crippen LogP contribution < -0.4 is 5.73 Å². The van der Waals surface area contributed by atoms with Gasteiger partial charge in [-0.2, -0.15) is 4.98 Å². The molecule has 2 heterocycles. The maximum absolute atomic E-state index is 5.99. The lowest BCUT2D eigenvalue weighted by atomic mass is 9.91. The Labute approximate surface area is 129 Å². The van der Waals surface area contributed by atoms with Gasteiger partial charge in [-0.15, -0.1) is 11.3 Å². The minimum absolute atomic E-state index is 0.385. The van der Waals surface area contributed by atoms with Crippen LogP contribution in [0.15, 0.2) is 22.0 Å². The van der Waals surface area contributed by atoms with Crippen LogP contribution in [0.25, 0.3) is 10.8 Å². The van der Waals surface area contributed by atoms with Gasteiger partial charge in [0, 0.05) is 12.1 Å². The molecule has 3 rings (SSSR count). The van der Waals surface area contributed by atoms with Gasteiger partial charge in [-0.05, 0) is 43.7 Å². The molecule has 1 aliphatic rings. The summed E-state index contributed by atoms with van der Waals surface area (Å²) in [7, 11) is 0. The van der Waals surface area contributed by atoms with Gasteiger partial charge in [-0.25, -0.2) is 0 Å². The number of hydrogen-bond acceptors (Lipinski definition) is 6. The molecule has 0 amide bonds. The molecule has 21 heavy (non-hydrogen) atoms. The second-order valence-corrected chi connectivity index (χ2v) is 6.57. The smallest absolute Gasteiger partial charge is 0.268 e. The second kappa shape index (κ2) is 6.68. The van der Waals surface area contributed by atoms with E-state index in [1.54, 1.807) is 11.3 Å². The van der Waals surface area contributed by atoms with Crippen molar-refractivity contribution in [2.24, 2.45) is 5.73 Å². The fourth-order valence-corrected chi connectivity index (χ4v) is 3.61. The fourth-order valence-electron chi connectivity index (χ4n) is 2.97. The first-order chi connectivity index (χ1) is 10.3. The molecule has 1 fully saturated rings. The molecule has 0 spiro atoms. The Kier molecular flexibility index (Phi) is 4.67. The Balaban J connectivity index is 1.64. The first-order valence-electron chi connectivity index (χ1n) is 7.62. The molecule has 0 atom stereocenters. The maximum atomic E-state index is 5.99. The van der Waals surface area contributed by atoms with Gasteiger partial charge >= 0.3 is 0 Å². The van der Waals surface area contributed by atoms with Crippen molar-refractivity contribution in [2.75, 3.05) is 6.54 Å². The van der Waals surface area contributed by atoms with E-state index in [-0.39, 0.29) is 0 Å². The fraction of sp³-hybridized carbons (Fsp3) is 0.600. The molecule has 6 heteroatoms. The molecular formula is C15H22N4OS. The van der Waals surface area contributed by atoms with Crippen LogP contribution in [0.2, 0.25) is 0 Å². The van der Waals surface area contributed by atoms with Crippen molar-refractivity contribution >= 4 is 11.3 Å². The summed E-state index contributed by atoms with van der Waals surface area (Å²) in [5, 5.41) is 6.14. The summed E-state index contributed by atoms with van der Waals surface area (Å²) in [5.74, 6) is 1.40. The second-order valence-electron chi connectivity index (χ2n) is 5.62. The topological polar surface area (TPSA) is 68.2 Å². The molecular weight excluding hydrogens is 284 g/mol. The molecule has 0 bridgehead atoms. The van der Waals surface area contributed by atoms with E-state index in [4.69, 9.17) is 10.3 Å². The third-order valence-electron chi connectivity index (χ3n) is 4.21. The number of rotatable bonds is 5. The van der Waals surface area contributed by atoms with Crippen LogP contribution in [-0.2, 0) is 6.54 Å². The predicted molar refractivity (Wildman–Crippen MR) is 83.9 cm³/mol. The highest BCUT2D eigenvalue weighted by Crippen LogP contribution is 2.25. The highest BCUT2D eigenvalue weighted by atomic mass is 32.1. The summed E-state index contributed by atoms with van der Waals surface area (Å²) in [4.78, 5) is 7.98. The van der Waals surface area contributed by atoms with Crippen molar-refractivity contribution in [3.05, 3.63) is 23.3 Å². The Morgan fingerprint density at radius 3 is 2.86 bits per heavy atom. The van der Waals surface area contributed by atoms with Crippen molar-refractivity contribution in [3.8, 4) is 10.8 Å². The Hall–Kier alpha value is -1.24. The van der Waals surface area contributed by atoms with E-state index in [1.807, 2.05) is 17.5 Å². The third-order valence-corrected chi connectivity index (χ3v) is 5.07. The summed E-state index contributed by atoms with van der Waals surface area (Å²) >= 11 is 1.62.